The fraction of sp³-hybridized carbons (Fsp3) is 0.364. The highest BCUT2D eigenvalue weighted by molar-refractivity contribution is 5.86. The van der Waals surface area contributed by atoms with Gasteiger partial charge in [-0.2, -0.15) is 0 Å². The van der Waals surface area contributed by atoms with Crippen molar-refractivity contribution >= 4 is 16.7 Å². The third-order valence-corrected chi connectivity index (χ3v) is 8.17. The van der Waals surface area contributed by atoms with Crippen molar-refractivity contribution in [3.63, 3.8) is 0 Å². The van der Waals surface area contributed by atoms with Gasteiger partial charge in [0.2, 0.25) is 0 Å². The molecule has 2 heterocycles. The highest BCUT2D eigenvalue weighted by Gasteiger charge is 2.31. The van der Waals surface area contributed by atoms with Crippen LogP contribution in [-0.2, 0) is 12.8 Å². The maximum Gasteiger partial charge on any atom is 0.128 e. The molecule has 1 saturated heterocycles. The topological polar surface area (TPSA) is 52.1 Å². The van der Waals surface area contributed by atoms with E-state index in [-0.39, 0.29) is 6.61 Å². The predicted octanol–water partition coefficient (Wildman–Crippen LogP) is 4.55. The summed E-state index contributed by atoms with van der Waals surface area (Å²) in [6.45, 7) is 4.69. The van der Waals surface area contributed by atoms with Crippen molar-refractivity contribution in [2.45, 2.75) is 25.0 Å². The summed E-state index contributed by atoms with van der Waals surface area (Å²) >= 11 is 0. The molecule has 3 aromatic carbocycles. The molecule has 0 amide bonds. The van der Waals surface area contributed by atoms with Crippen LogP contribution in [0, 0.1) is 0 Å². The quantitative estimate of drug-likeness (QED) is 0.385. The van der Waals surface area contributed by atoms with Crippen LogP contribution in [0.5, 0.6) is 5.75 Å². The van der Waals surface area contributed by atoms with Crippen LogP contribution < -0.4 is 9.64 Å². The maximum atomic E-state index is 10.9. The molecule has 0 bridgehead atoms. The minimum atomic E-state index is -0.555. The molecule has 1 atom stereocenters. The first-order valence-corrected chi connectivity index (χ1v) is 14.1. The molecule has 1 N–H and O–H groups in total. The molecule has 1 aliphatic carbocycles. The van der Waals surface area contributed by atoms with Crippen LogP contribution in [0.4, 0.5) is 5.82 Å². The molecule has 6 nitrogen and oxygen atoms in total. The number of benzene rings is 3. The van der Waals surface area contributed by atoms with Gasteiger partial charge < -0.3 is 14.7 Å². The predicted molar refractivity (Wildman–Crippen MR) is 158 cm³/mol. The number of aryl methyl sites for hydroxylation is 2. The lowest BCUT2D eigenvalue weighted by Crippen LogP contribution is -2.50. The first kappa shape index (κ1) is 25.8. The minimum Gasteiger partial charge on any atom is -0.490 e. The highest BCUT2D eigenvalue weighted by Crippen LogP contribution is 2.37. The second-order valence-corrected chi connectivity index (χ2v) is 11.0. The number of hydrogen-bond acceptors (Lipinski definition) is 6. The number of nitrogens with zero attached hydrogens (tertiary/aromatic N) is 4. The zero-order chi connectivity index (χ0) is 26.8. The third-order valence-electron chi connectivity index (χ3n) is 8.17. The van der Waals surface area contributed by atoms with E-state index >= 15 is 0 Å². The van der Waals surface area contributed by atoms with Crippen LogP contribution in [0.15, 0.2) is 78.9 Å². The number of anilines is 1. The molecule has 4 aromatic rings. The zero-order valence-electron chi connectivity index (χ0n) is 23.0. The normalized spacial score (nSPS) is 17.3. The van der Waals surface area contributed by atoms with Gasteiger partial charge in [0.1, 0.15) is 24.3 Å². The summed E-state index contributed by atoms with van der Waals surface area (Å²) in [6.07, 6.45) is 1.64. The van der Waals surface area contributed by atoms with Crippen LogP contribution in [0.1, 0.15) is 28.3 Å². The molecule has 2 aliphatic rings. The van der Waals surface area contributed by atoms with Gasteiger partial charge in [-0.3, -0.25) is 9.80 Å². The molecule has 6 rings (SSSR count). The van der Waals surface area contributed by atoms with Gasteiger partial charge in [-0.1, -0.05) is 54.6 Å². The Bertz CT molecular complexity index is 1380. The number of β-amino-alcohol motifs (C(OH)–C–C–N with tert-alkyl or cyclic N) is 1. The Morgan fingerprint density at radius 1 is 0.846 bits per heavy atom. The Labute approximate surface area is 231 Å². The highest BCUT2D eigenvalue weighted by atomic mass is 16.5. The number of aromatic nitrogens is 1. The van der Waals surface area contributed by atoms with E-state index in [9.17, 15) is 5.11 Å². The summed E-state index contributed by atoms with van der Waals surface area (Å²) in [5, 5.41) is 11.8. The lowest BCUT2D eigenvalue weighted by atomic mass is 9.92. The van der Waals surface area contributed by atoms with E-state index in [2.05, 4.69) is 58.3 Å². The number of piperazine rings is 1. The number of hydrogen-bond donors (Lipinski definition) is 1. The smallest absolute Gasteiger partial charge is 0.128 e. The minimum absolute atomic E-state index is 0.262. The van der Waals surface area contributed by atoms with E-state index in [0.717, 1.165) is 61.5 Å². The molecule has 6 heteroatoms. The van der Waals surface area contributed by atoms with Crippen LogP contribution >= 0.6 is 0 Å². The van der Waals surface area contributed by atoms with Crippen LogP contribution in [0.25, 0.3) is 10.9 Å². The monoisotopic (exact) mass is 522 g/mol. The number of pyridine rings is 1. The van der Waals surface area contributed by atoms with Gasteiger partial charge in [-0.25, -0.2) is 4.98 Å². The molecule has 1 fully saturated rings. The van der Waals surface area contributed by atoms with Crippen molar-refractivity contribution in [1.29, 1.82) is 0 Å². The van der Waals surface area contributed by atoms with Crippen LogP contribution in [0.3, 0.4) is 0 Å². The molecule has 1 aromatic heterocycles. The average molecular weight is 523 g/mol. The van der Waals surface area contributed by atoms with Crippen molar-refractivity contribution in [2.24, 2.45) is 0 Å². The molecule has 0 spiro atoms. The molecule has 39 heavy (non-hydrogen) atoms. The third kappa shape index (κ3) is 5.50. The standard InChI is InChI=1S/C33H38N4O2/c1-35(2)32-17-16-29-30(34-32)12-7-13-31(29)39-23-26(38)22-36-18-20-37(21-19-36)33-27-10-5-3-8-24(27)14-15-25-9-4-6-11-28(25)33/h3-13,16-17,26,33,38H,14-15,18-23H2,1-2H3. The SMILES string of the molecule is CN(C)c1ccc2c(OCC(O)CN3CCN(C4c5ccccc5CCc5ccccc54)CC3)cccc2n1. The van der Waals surface area contributed by atoms with E-state index in [1.54, 1.807) is 0 Å². The van der Waals surface area contributed by atoms with E-state index < -0.39 is 6.10 Å². The number of ether oxygens (including phenoxy) is 1. The Morgan fingerprint density at radius 3 is 2.18 bits per heavy atom. The van der Waals surface area contributed by atoms with Gasteiger partial charge in [0.05, 0.1) is 11.6 Å². The van der Waals surface area contributed by atoms with Crippen molar-refractivity contribution in [1.82, 2.24) is 14.8 Å². The van der Waals surface area contributed by atoms with Gasteiger partial charge in [0.25, 0.3) is 0 Å². The van der Waals surface area contributed by atoms with Gasteiger partial charge in [-0.15, -0.1) is 0 Å². The van der Waals surface area contributed by atoms with Crippen LogP contribution in [0.2, 0.25) is 0 Å². The van der Waals surface area contributed by atoms with Gasteiger partial charge in [-0.05, 0) is 59.4 Å². The van der Waals surface area contributed by atoms with Crippen molar-refractivity contribution in [3.05, 3.63) is 101 Å². The second kappa shape index (κ2) is 11.3. The largest absolute Gasteiger partial charge is 0.490 e. The van der Waals surface area contributed by atoms with E-state index in [1.807, 2.05) is 49.3 Å². The summed E-state index contributed by atoms with van der Waals surface area (Å²) in [7, 11) is 3.97. The number of aliphatic hydroxyl groups excluding tert-OH is 1. The van der Waals surface area contributed by atoms with Crippen molar-refractivity contribution in [3.8, 4) is 5.75 Å². The first-order chi connectivity index (χ1) is 19.1. The Kier molecular flexibility index (Phi) is 7.51. The molecule has 0 saturated carbocycles. The Morgan fingerprint density at radius 2 is 1.51 bits per heavy atom. The first-order valence-electron chi connectivity index (χ1n) is 14.1. The second-order valence-electron chi connectivity index (χ2n) is 11.0. The molecule has 0 radical (unpaired) electrons. The molecular formula is C33H38N4O2. The lowest BCUT2D eigenvalue weighted by molar-refractivity contribution is 0.0403. The van der Waals surface area contributed by atoms with E-state index in [0.29, 0.717) is 12.6 Å². The summed E-state index contributed by atoms with van der Waals surface area (Å²) in [5.74, 6) is 1.68. The fourth-order valence-electron chi connectivity index (χ4n) is 6.12. The molecular weight excluding hydrogens is 484 g/mol. The number of fused-ring (bicyclic) bond motifs is 3. The summed E-state index contributed by atoms with van der Waals surface area (Å²) in [4.78, 5) is 11.7. The van der Waals surface area contributed by atoms with Gasteiger partial charge in [0.15, 0.2) is 0 Å². The zero-order valence-corrected chi connectivity index (χ0v) is 23.0. The average Bonchev–Trinajstić information content (AvgIpc) is 3.13. The van der Waals surface area contributed by atoms with Crippen molar-refractivity contribution < 1.29 is 9.84 Å². The Hall–Kier alpha value is -3.45. The molecule has 1 aliphatic heterocycles. The van der Waals surface area contributed by atoms with E-state index in [4.69, 9.17) is 9.72 Å². The summed E-state index contributed by atoms with van der Waals surface area (Å²) in [6, 6.07) is 28.2. The van der Waals surface area contributed by atoms with Crippen LogP contribution in [-0.4, -0.2) is 79.4 Å². The maximum absolute atomic E-state index is 10.9. The molecule has 202 valence electrons. The fourth-order valence-corrected chi connectivity index (χ4v) is 6.12. The summed E-state index contributed by atoms with van der Waals surface area (Å²) in [5.41, 5.74) is 6.73. The van der Waals surface area contributed by atoms with Gasteiger partial charge in [0, 0.05) is 52.2 Å². The summed E-state index contributed by atoms with van der Waals surface area (Å²) < 4.78 is 6.09. The number of aliphatic hydroxyl groups is 1. The van der Waals surface area contributed by atoms with Crippen molar-refractivity contribution in [2.75, 3.05) is 58.3 Å². The van der Waals surface area contributed by atoms with E-state index in [1.165, 1.54) is 22.3 Å². The Balaban J connectivity index is 1.08. The number of rotatable bonds is 7. The van der Waals surface area contributed by atoms with Gasteiger partial charge >= 0.3 is 0 Å². The lowest BCUT2D eigenvalue weighted by Gasteiger charge is -2.40. The molecule has 1 unspecified atom stereocenters.